The average Bonchev–Trinajstić information content (AvgIpc) is 2.51. The summed E-state index contributed by atoms with van der Waals surface area (Å²) in [7, 11) is 0. The van der Waals surface area contributed by atoms with E-state index in [4.69, 9.17) is 0 Å². The first-order valence-electron chi connectivity index (χ1n) is 6.28. The summed E-state index contributed by atoms with van der Waals surface area (Å²) in [5.74, 6) is 0. The third-order valence-electron chi connectivity index (χ3n) is 5.17. The van der Waals surface area contributed by atoms with Gasteiger partial charge >= 0.3 is 0 Å². The topological polar surface area (TPSA) is 24.1 Å². The Morgan fingerprint density at radius 3 is 2.13 bits per heavy atom. The van der Waals surface area contributed by atoms with Gasteiger partial charge in [-0.3, -0.25) is 0 Å². The maximum atomic E-state index is 3.76. The predicted molar refractivity (Wildman–Crippen MR) is 65.0 cm³/mol. The van der Waals surface area contributed by atoms with Gasteiger partial charge in [0.05, 0.1) is 0 Å². The molecule has 1 unspecified atom stereocenters. The highest BCUT2D eigenvalue weighted by Gasteiger charge is 2.64. The summed E-state index contributed by atoms with van der Waals surface area (Å²) in [5, 5.41) is 7.37. The van der Waals surface area contributed by atoms with E-state index in [0.29, 0.717) is 22.4 Å². The fraction of sp³-hybridized carbons (Fsp3) is 1.00. The van der Waals surface area contributed by atoms with Crippen molar-refractivity contribution in [2.24, 2.45) is 10.8 Å². The molecule has 2 rings (SSSR count). The Kier molecular flexibility index (Phi) is 2.44. The minimum absolute atomic E-state index is 0.342. The molecule has 1 saturated heterocycles. The highest BCUT2D eigenvalue weighted by molar-refractivity contribution is 5.18. The van der Waals surface area contributed by atoms with Gasteiger partial charge in [-0.1, -0.05) is 27.7 Å². The lowest BCUT2D eigenvalue weighted by molar-refractivity contribution is 0.370. The van der Waals surface area contributed by atoms with E-state index in [2.05, 4.69) is 45.3 Å². The maximum absolute atomic E-state index is 3.76. The Labute approximate surface area is 94.2 Å². The Bertz CT molecular complexity index is 235. The van der Waals surface area contributed by atoms with Gasteiger partial charge in [0.1, 0.15) is 0 Å². The van der Waals surface area contributed by atoms with E-state index < -0.39 is 0 Å². The molecule has 1 heterocycles. The molecule has 1 aliphatic carbocycles. The lowest BCUT2D eigenvalue weighted by Crippen LogP contribution is -2.47. The molecule has 0 aromatic heterocycles. The van der Waals surface area contributed by atoms with Crippen molar-refractivity contribution in [2.45, 2.75) is 59.0 Å². The fourth-order valence-electron chi connectivity index (χ4n) is 3.14. The molecule has 0 bridgehead atoms. The standard InChI is InChI=1S/C13H26N2/c1-11(2)10(12(11,3)4)14-9-13(5)7-6-8-15-13/h10,14-15H,6-9H2,1-5H3. The van der Waals surface area contributed by atoms with Crippen LogP contribution in [0.15, 0.2) is 0 Å². The predicted octanol–water partition coefficient (Wildman–Crippen LogP) is 2.15. The van der Waals surface area contributed by atoms with Gasteiger partial charge in [-0.05, 0) is 37.1 Å². The van der Waals surface area contributed by atoms with Crippen molar-refractivity contribution in [1.82, 2.24) is 10.6 Å². The van der Waals surface area contributed by atoms with E-state index in [0.717, 1.165) is 6.54 Å². The van der Waals surface area contributed by atoms with E-state index in [9.17, 15) is 0 Å². The Morgan fingerprint density at radius 1 is 1.13 bits per heavy atom. The molecule has 0 amide bonds. The van der Waals surface area contributed by atoms with Crippen LogP contribution in [0, 0.1) is 10.8 Å². The smallest absolute Gasteiger partial charge is 0.0278 e. The molecule has 0 aromatic rings. The first-order valence-corrected chi connectivity index (χ1v) is 6.28. The number of rotatable bonds is 3. The number of hydrogen-bond donors (Lipinski definition) is 2. The molecule has 1 aliphatic heterocycles. The van der Waals surface area contributed by atoms with Crippen LogP contribution < -0.4 is 10.6 Å². The van der Waals surface area contributed by atoms with E-state index in [1.165, 1.54) is 19.4 Å². The van der Waals surface area contributed by atoms with Gasteiger partial charge in [0.2, 0.25) is 0 Å². The molecule has 88 valence electrons. The van der Waals surface area contributed by atoms with Crippen LogP contribution in [0.25, 0.3) is 0 Å². The number of hydrogen-bond acceptors (Lipinski definition) is 2. The van der Waals surface area contributed by atoms with Crippen LogP contribution >= 0.6 is 0 Å². The third kappa shape index (κ3) is 1.72. The van der Waals surface area contributed by atoms with Crippen LogP contribution in [-0.4, -0.2) is 24.7 Å². The van der Waals surface area contributed by atoms with Gasteiger partial charge in [0, 0.05) is 18.1 Å². The van der Waals surface area contributed by atoms with Crippen LogP contribution in [0.3, 0.4) is 0 Å². The third-order valence-corrected chi connectivity index (χ3v) is 5.17. The van der Waals surface area contributed by atoms with Crippen molar-refractivity contribution >= 4 is 0 Å². The Morgan fingerprint density at radius 2 is 1.73 bits per heavy atom. The summed E-state index contributed by atoms with van der Waals surface area (Å²) in [4.78, 5) is 0. The van der Waals surface area contributed by atoms with Gasteiger partial charge < -0.3 is 10.6 Å². The van der Waals surface area contributed by atoms with Crippen LogP contribution in [0.5, 0.6) is 0 Å². The largest absolute Gasteiger partial charge is 0.311 e. The van der Waals surface area contributed by atoms with Crippen molar-refractivity contribution in [1.29, 1.82) is 0 Å². The van der Waals surface area contributed by atoms with Gasteiger partial charge in [0.15, 0.2) is 0 Å². The summed E-state index contributed by atoms with van der Waals surface area (Å²) in [6, 6.07) is 0.684. The lowest BCUT2D eigenvalue weighted by Gasteiger charge is -2.25. The molecule has 0 aromatic carbocycles. The van der Waals surface area contributed by atoms with Gasteiger partial charge in [-0.15, -0.1) is 0 Å². The zero-order chi connectivity index (χ0) is 11.3. The van der Waals surface area contributed by atoms with E-state index in [1.54, 1.807) is 0 Å². The van der Waals surface area contributed by atoms with Crippen LogP contribution in [0.2, 0.25) is 0 Å². The minimum atomic E-state index is 0.342. The fourth-order valence-corrected chi connectivity index (χ4v) is 3.14. The van der Waals surface area contributed by atoms with Crippen LogP contribution in [0.4, 0.5) is 0 Å². The number of nitrogens with one attached hydrogen (secondary N) is 2. The summed E-state index contributed by atoms with van der Waals surface area (Å²) in [6.45, 7) is 14.1. The molecule has 2 fully saturated rings. The lowest BCUT2D eigenvalue weighted by atomic mass is 10.0. The average molecular weight is 210 g/mol. The summed E-state index contributed by atoms with van der Waals surface area (Å²) in [6.07, 6.45) is 2.64. The second-order valence-corrected chi connectivity index (χ2v) is 6.85. The van der Waals surface area contributed by atoms with Crippen molar-refractivity contribution in [3.63, 3.8) is 0 Å². The van der Waals surface area contributed by atoms with E-state index in [1.807, 2.05) is 0 Å². The monoisotopic (exact) mass is 210 g/mol. The molecular formula is C13H26N2. The van der Waals surface area contributed by atoms with Gasteiger partial charge in [-0.2, -0.15) is 0 Å². The maximum Gasteiger partial charge on any atom is 0.0278 e. The summed E-state index contributed by atoms with van der Waals surface area (Å²) < 4.78 is 0. The van der Waals surface area contributed by atoms with Crippen LogP contribution in [-0.2, 0) is 0 Å². The Hall–Kier alpha value is -0.0800. The van der Waals surface area contributed by atoms with Crippen molar-refractivity contribution < 1.29 is 0 Å². The first kappa shape index (κ1) is 11.4. The summed E-state index contributed by atoms with van der Waals surface area (Å²) in [5.41, 5.74) is 1.26. The molecule has 2 nitrogen and oxygen atoms in total. The van der Waals surface area contributed by atoms with Crippen molar-refractivity contribution in [3.05, 3.63) is 0 Å². The molecule has 0 radical (unpaired) electrons. The zero-order valence-electron chi connectivity index (χ0n) is 10.9. The van der Waals surface area contributed by atoms with Gasteiger partial charge in [0.25, 0.3) is 0 Å². The molecule has 15 heavy (non-hydrogen) atoms. The normalized spacial score (nSPS) is 38.2. The molecule has 2 aliphatic rings. The molecule has 2 N–H and O–H groups in total. The second kappa shape index (κ2) is 3.21. The highest BCUT2D eigenvalue weighted by Crippen LogP contribution is 2.62. The Balaban J connectivity index is 1.85. The summed E-state index contributed by atoms with van der Waals surface area (Å²) >= 11 is 0. The first-order chi connectivity index (χ1) is 6.80. The van der Waals surface area contributed by atoms with Crippen molar-refractivity contribution in [3.8, 4) is 0 Å². The highest BCUT2D eigenvalue weighted by atomic mass is 15.1. The molecule has 2 heteroatoms. The van der Waals surface area contributed by atoms with E-state index in [-0.39, 0.29) is 0 Å². The van der Waals surface area contributed by atoms with Crippen molar-refractivity contribution in [2.75, 3.05) is 13.1 Å². The molecule has 1 atom stereocenters. The zero-order valence-corrected chi connectivity index (χ0v) is 10.9. The van der Waals surface area contributed by atoms with Crippen LogP contribution in [0.1, 0.15) is 47.5 Å². The van der Waals surface area contributed by atoms with E-state index >= 15 is 0 Å². The quantitative estimate of drug-likeness (QED) is 0.746. The minimum Gasteiger partial charge on any atom is -0.311 e. The molecule has 1 saturated carbocycles. The SMILES string of the molecule is CC1(CNC2C(C)(C)C2(C)C)CCCN1. The molecule has 0 spiro atoms. The second-order valence-electron chi connectivity index (χ2n) is 6.85. The van der Waals surface area contributed by atoms with Gasteiger partial charge in [-0.25, -0.2) is 0 Å². The molecular weight excluding hydrogens is 184 g/mol.